The SMILES string of the molecule is Cc1ccc(C(=O)O)c2c1OCC[C@@H]2N.Cl. The molecule has 1 atom stereocenters. The minimum atomic E-state index is -0.952. The van der Waals surface area contributed by atoms with Gasteiger partial charge in [0.2, 0.25) is 0 Å². The number of carboxylic acid groups (broad SMARTS) is 1. The van der Waals surface area contributed by atoms with Crippen LogP contribution in [0.4, 0.5) is 0 Å². The lowest BCUT2D eigenvalue weighted by Crippen LogP contribution is -2.24. The van der Waals surface area contributed by atoms with Gasteiger partial charge in [-0.15, -0.1) is 12.4 Å². The van der Waals surface area contributed by atoms with Crippen molar-refractivity contribution in [3.8, 4) is 5.75 Å². The Bertz CT molecular complexity index is 420. The van der Waals surface area contributed by atoms with Crippen molar-refractivity contribution in [3.63, 3.8) is 0 Å². The maximum absolute atomic E-state index is 11.0. The first-order valence-corrected chi connectivity index (χ1v) is 4.86. The van der Waals surface area contributed by atoms with Crippen LogP contribution in [0.2, 0.25) is 0 Å². The van der Waals surface area contributed by atoms with E-state index < -0.39 is 5.97 Å². The number of benzene rings is 1. The first-order chi connectivity index (χ1) is 7.11. The fourth-order valence-electron chi connectivity index (χ4n) is 1.89. The second-order valence-corrected chi connectivity index (χ2v) is 3.72. The largest absolute Gasteiger partial charge is 0.493 e. The molecule has 0 aromatic heterocycles. The molecular weight excluding hydrogens is 230 g/mol. The zero-order valence-corrected chi connectivity index (χ0v) is 9.71. The van der Waals surface area contributed by atoms with Crippen molar-refractivity contribution < 1.29 is 14.6 Å². The molecule has 2 rings (SSSR count). The molecule has 0 amide bonds. The number of carboxylic acids is 1. The third-order valence-electron chi connectivity index (χ3n) is 2.67. The zero-order chi connectivity index (χ0) is 11.0. The van der Waals surface area contributed by atoms with Crippen LogP contribution in [0, 0.1) is 6.92 Å². The molecule has 5 heteroatoms. The van der Waals surface area contributed by atoms with Crippen molar-refractivity contribution in [1.82, 2.24) is 0 Å². The van der Waals surface area contributed by atoms with Gasteiger partial charge < -0.3 is 15.6 Å². The molecule has 0 spiro atoms. The quantitative estimate of drug-likeness (QED) is 0.790. The van der Waals surface area contributed by atoms with Gasteiger partial charge in [0, 0.05) is 18.0 Å². The van der Waals surface area contributed by atoms with Gasteiger partial charge in [0.15, 0.2) is 0 Å². The van der Waals surface area contributed by atoms with Crippen molar-refractivity contribution in [2.45, 2.75) is 19.4 Å². The Labute approximate surface area is 99.8 Å². The van der Waals surface area contributed by atoms with Crippen LogP contribution in [-0.2, 0) is 0 Å². The van der Waals surface area contributed by atoms with E-state index >= 15 is 0 Å². The Morgan fingerprint density at radius 2 is 2.25 bits per heavy atom. The van der Waals surface area contributed by atoms with E-state index in [0.29, 0.717) is 24.3 Å². The number of nitrogens with two attached hydrogens (primary N) is 1. The summed E-state index contributed by atoms with van der Waals surface area (Å²) in [6, 6.07) is 3.10. The Morgan fingerprint density at radius 3 is 2.88 bits per heavy atom. The third kappa shape index (κ3) is 1.99. The molecule has 1 aromatic carbocycles. The summed E-state index contributed by atoms with van der Waals surface area (Å²) in [5, 5.41) is 9.04. The number of ether oxygens (including phenoxy) is 1. The average molecular weight is 244 g/mol. The van der Waals surface area contributed by atoms with Gasteiger partial charge in [0.25, 0.3) is 0 Å². The number of rotatable bonds is 1. The Hall–Kier alpha value is -1.26. The van der Waals surface area contributed by atoms with E-state index in [1.54, 1.807) is 12.1 Å². The normalized spacial score (nSPS) is 18.0. The molecule has 4 nitrogen and oxygen atoms in total. The molecule has 1 heterocycles. The van der Waals surface area contributed by atoms with Gasteiger partial charge in [0.1, 0.15) is 5.75 Å². The lowest BCUT2D eigenvalue weighted by atomic mass is 9.93. The van der Waals surface area contributed by atoms with Crippen LogP contribution in [-0.4, -0.2) is 17.7 Å². The van der Waals surface area contributed by atoms with Gasteiger partial charge in [0.05, 0.1) is 12.2 Å². The van der Waals surface area contributed by atoms with E-state index in [1.165, 1.54) is 0 Å². The Kier molecular flexibility index (Phi) is 3.78. The highest BCUT2D eigenvalue weighted by Gasteiger charge is 2.25. The summed E-state index contributed by atoms with van der Waals surface area (Å²) in [4.78, 5) is 11.0. The fourth-order valence-corrected chi connectivity index (χ4v) is 1.89. The first kappa shape index (κ1) is 12.8. The van der Waals surface area contributed by atoms with E-state index in [2.05, 4.69) is 0 Å². The summed E-state index contributed by atoms with van der Waals surface area (Å²) in [6.07, 6.45) is 0.663. The monoisotopic (exact) mass is 243 g/mol. The number of fused-ring (bicyclic) bond motifs is 1. The average Bonchev–Trinajstić information content (AvgIpc) is 2.19. The molecular formula is C11H14ClNO3. The van der Waals surface area contributed by atoms with Crippen LogP contribution in [0.3, 0.4) is 0 Å². The highest BCUT2D eigenvalue weighted by Crippen LogP contribution is 2.36. The van der Waals surface area contributed by atoms with Crippen molar-refractivity contribution in [2.75, 3.05) is 6.61 Å². The number of aromatic carboxylic acids is 1. The molecule has 0 unspecified atom stereocenters. The molecule has 3 N–H and O–H groups in total. The fraction of sp³-hybridized carbons (Fsp3) is 0.364. The van der Waals surface area contributed by atoms with Crippen LogP contribution in [0.25, 0.3) is 0 Å². The van der Waals surface area contributed by atoms with E-state index in [4.69, 9.17) is 15.6 Å². The minimum Gasteiger partial charge on any atom is -0.493 e. The molecule has 0 saturated heterocycles. The lowest BCUT2D eigenvalue weighted by molar-refractivity contribution is 0.0693. The number of hydrogen-bond donors (Lipinski definition) is 2. The standard InChI is InChI=1S/C11H13NO3.ClH/c1-6-2-3-7(11(13)14)9-8(12)4-5-15-10(6)9;/h2-3,8H,4-5,12H2,1H3,(H,13,14);1H/t8-;/m0./s1. The molecule has 16 heavy (non-hydrogen) atoms. The number of carbonyl (C=O) groups is 1. The van der Waals surface area contributed by atoms with Crippen molar-refractivity contribution in [2.24, 2.45) is 5.73 Å². The van der Waals surface area contributed by atoms with Crippen molar-refractivity contribution in [3.05, 3.63) is 28.8 Å². The van der Waals surface area contributed by atoms with Crippen molar-refractivity contribution in [1.29, 1.82) is 0 Å². The molecule has 0 aliphatic carbocycles. The summed E-state index contributed by atoms with van der Waals surface area (Å²) in [6.45, 7) is 2.45. The maximum atomic E-state index is 11.0. The van der Waals surface area contributed by atoms with Gasteiger partial charge in [-0.25, -0.2) is 4.79 Å². The summed E-state index contributed by atoms with van der Waals surface area (Å²) in [5.74, 6) is -0.305. The molecule has 1 aliphatic rings. The molecule has 0 bridgehead atoms. The predicted molar refractivity (Wildman–Crippen MR) is 62.4 cm³/mol. The van der Waals surface area contributed by atoms with Gasteiger partial charge in [-0.05, 0) is 18.6 Å². The van der Waals surface area contributed by atoms with Crippen LogP contribution in [0.1, 0.15) is 33.9 Å². The number of halogens is 1. The van der Waals surface area contributed by atoms with Crippen LogP contribution in [0.5, 0.6) is 5.75 Å². The zero-order valence-electron chi connectivity index (χ0n) is 8.90. The summed E-state index contributed by atoms with van der Waals surface area (Å²) in [7, 11) is 0. The molecule has 1 aromatic rings. The van der Waals surface area contributed by atoms with E-state index in [1.807, 2.05) is 6.92 Å². The second kappa shape index (κ2) is 4.72. The van der Waals surface area contributed by atoms with Crippen LogP contribution < -0.4 is 10.5 Å². The van der Waals surface area contributed by atoms with Gasteiger partial charge >= 0.3 is 5.97 Å². The van der Waals surface area contributed by atoms with Crippen LogP contribution >= 0.6 is 12.4 Å². The van der Waals surface area contributed by atoms with Gasteiger partial charge in [-0.2, -0.15) is 0 Å². The molecule has 0 radical (unpaired) electrons. The van der Waals surface area contributed by atoms with E-state index in [9.17, 15) is 4.79 Å². The van der Waals surface area contributed by atoms with E-state index in [0.717, 1.165) is 5.56 Å². The minimum absolute atomic E-state index is 0. The highest BCUT2D eigenvalue weighted by molar-refractivity contribution is 5.91. The Balaban J connectivity index is 0.00000128. The first-order valence-electron chi connectivity index (χ1n) is 4.86. The second-order valence-electron chi connectivity index (χ2n) is 3.72. The lowest BCUT2D eigenvalue weighted by Gasteiger charge is -2.25. The molecule has 1 aliphatic heterocycles. The maximum Gasteiger partial charge on any atom is 0.336 e. The smallest absolute Gasteiger partial charge is 0.336 e. The summed E-state index contributed by atoms with van der Waals surface area (Å²) >= 11 is 0. The van der Waals surface area contributed by atoms with Crippen LogP contribution in [0.15, 0.2) is 12.1 Å². The van der Waals surface area contributed by atoms with E-state index in [-0.39, 0.29) is 24.0 Å². The molecule has 0 fully saturated rings. The number of aryl methyl sites for hydroxylation is 1. The topological polar surface area (TPSA) is 72.5 Å². The molecule has 88 valence electrons. The molecule has 0 saturated carbocycles. The number of hydrogen-bond acceptors (Lipinski definition) is 3. The summed E-state index contributed by atoms with van der Waals surface area (Å²) < 4.78 is 5.47. The predicted octanol–water partition coefficient (Wildman–Crippen LogP) is 1.90. The highest BCUT2D eigenvalue weighted by atomic mass is 35.5. The van der Waals surface area contributed by atoms with Crippen molar-refractivity contribution >= 4 is 18.4 Å². The summed E-state index contributed by atoms with van der Waals surface area (Å²) in [5.41, 5.74) is 7.73. The Morgan fingerprint density at radius 1 is 1.56 bits per heavy atom. The van der Waals surface area contributed by atoms with Gasteiger partial charge in [-0.1, -0.05) is 6.07 Å². The van der Waals surface area contributed by atoms with Gasteiger partial charge in [-0.3, -0.25) is 0 Å². The third-order valence-corrected chi connectivity index (χ3v) is 2.67.